The first-order valence-corrected chi connectivity index (χ1v) is 12.7. The molecule has 0 saturated carbocycles. The molecular formula is C28H27N2O9+. The number of amides is 2. The van der Waals surface area contributed by atoms with Crippen molar-refractivity contribution < 1.29 is 37.9 Å². The Morgan fingerprint density at radius 1 is 0.872 bits per heavy atom. The van der Waals surface area contributed by atoms with E-state index in [0.717, 1.165) is 11.1 Å². The Kier molecular flexibility index (Phi) is 7.53. The highest BCUT2D eigenvalue weighted by Gasteiger charge is 2.38. The molecule has 11 heteroatoms. The fraction of sp³-hybridized carbons (Fsp3) is 0.321. The maximum Gasteiger partial charge on any atom is 0.333 e. The van der Waals surface area contributed by atoms with Crippen molar-refractivity contribution in [2.24, 2.45) is 0 Å². The smallest absolute Gasteiger partial charge is 0.333 e. The quantitative estimate of drug-likeness (QED) is 0.243. The van der Waals surface area contributed by atoms with Gasteiger partial charge in [-0.1, -0.05) is 42.5 Å². The second kappa shape index (κ2) is 11.2. The molecule has 2 aliphatic rings. The predicted octanol–water partition coefficient (Wildman–Crippen LogP) is 2.69. The lowest BCUT2D eigenvalue weighted by molar-refractivity contribution is -0.197. The van der Waals surface area contributed by atoms with Crippen molar-refractivity contribution in [1.29, 1.82) is 0 Å². The second-order valence-electron chi connectivity index (χ2n) is 9.39. The summed E-state index contributed by atoms with van der Waals surface area (Å²) in [6.45, 7) is 1.39. The summed E-state index contributed by atoms with van der Waals surface area (Å²) in [6, 6.07) is 16.4. The fourth-order valence-corrected chi connectivity index (χ4v) is 4.63. The Morgan fingerprint density at radius 2 is 1.56 bits per heavy atom. The Balaban J connectivity index is 1.33. The molecule has 0 radical (unpaired) electrons. The van der Waals surface area contributed by atoms with Crippen LogP contribution < -0.4 is 9.91 Å². The Hall–Kier alpha value is -4.35. The summed E-state index contributed by atoms with van der Waals surface area (Å²) in [4.78, 5) is 65.7. The third-order valence-electron chi connectivity index (χ3n) is 6.83. The molecule has 0 N–H and O–H groups in total. The van der Waals surface area contributed by atoms with Gasteiger partial charge in [0.2, 0.25) is 6.73 Å². The molecule has 1 aromatic heterocycles. The van der Waals surface area contributed by atoms with Gasteiger partial charge in [-0.2, -0.15) is 0 Å². The average molecular weight is 536 g/mol. The number of ether oxygens (including phenoxy) is 2. The summed E-state index contributed by atoms with van der Waals surface area (Å²) in [6.07, 6.45) is -0.721. The lowest BCUT2D eigenvalue weighted by Crippen LogP contribution is -2.58. The van der Waals surface area contributed by atoms with Gasteiger partial charge in [0, 0.05) is 18.4 Å². The standard InChI is InChI=1S/C28H27N2O9/c31-22-17-25(38-28-20(7-4-8-21(22)28)19-5-2-1-3-6-19)30(13-15-36-16-14-30)18-37-26(34)11-12-27(35)39-29-23(32)9-10-24(29)33/h1-8,17H,9-16,18H2/q+1. The van der Waals surface area contributed by atoms with Crippen LogP contribution in [0.4, 0.5) is 5.88 Å². The van der Waals surface area contributed by atoms with E-state index < -0.39 is 23.8 Å². The number of hydrogen-bond acceptors (Lipinski definition) is 9. The number of nitrogens with zero attached hydrogens (tertiary/aromatic N) is 2. The van der Waals surface area contributed by atoms with Crippen molar-refractivity contribution >= 4 is 40.6 Å². The van der Waals surface area contributed by atoms with Crippen LogP contribution in [0.2, 0.25) is 0 Å². The topological polar surface area (TPSA) is 129 Å². The van der Waals surface area contributed by atoms with E-state index in [1.54, 1.807) is 6.07 Å². The van der Waals surface area contributed by atoms with Gasteiger partial charge in [0.25, 0.3) is 11.8 Å². The number of hydroxylamine groups is 2. The molecule has 39 heavy (non-hydrogen) atoms. The number of benzene rings is 2. The van der Waals surface area contributed by atoms with Crippen molar-refractivity contribution in [1.82, 2.24) is 9.55 Å². The van der Waals surface area contributed by atoms with Crippen LogP contribution in [-0.4, -0.2) is 61.9 Å². The summed E-state index contributed by atoms with van der Waals surface area (Å²) >= 11 is 0. The van der Waals surface area contributed by atoms with Crippen LogP contribution in [0.1, 0.15) is 25.7 Å². The number of hydrogen-bond donors (Lipinski definition) is 0. The van der Waals surface area contributed by atoms with E-state index in [9.17, 15) is 24.0 Å². The van der Waals surface area contributed by atoms with Gasteiger partial charge in [-0.15, -0.1) is 5.06 Å². The average Bonchev–Trinajstić information content (AvgIpc) is 3.27. The van der Waals surface area contributed by atoms with E-state index in [-0.39, 0.29) is 42.3 Å². The molecule has 2 aliphatic heterocycles. The van der Waals surface area contributed by atoms with E-state index >= 15 is 0 Å². The van der Waals surface area contributed by atoms with Gasteiger partial charge in [-0.05, 0) is 11.6 Å². The third kappa shape index (κ3) is 5.59. The third-order valence-corrected chi connectivity index (χ3v) is 6.83. The van der Waals surface area contributed by atoms with Crippen LogP contribution in [0.3, 0.4) is 0 Å². The first-order valence-electron chi connectivity index (χ1n) is 12.7. The summed E-state index contributed by atoms with van der Waals surface area (Å²) in [5, 5.41) is 0.879. The molecule has 2 saturated heterocycles. The highest BCUT2D eigenvalue weighted by atomic mass is 16.7. The number of para-hydroxylation sites is 1. The fourth-order valence-electron chi connectivity index (χ4n) is 4.63. The molecule has 0 atom stereocenters. The lowest BCUT2D eigenvalue weighted by Gasteiger charge is -2.37. The number of fused-ring (bicyclic) bond motifs is 1. The molecule has 5 rings (SSSR count). The highest BCUT2D eigenvalue weighted by Crippen LogP contribution is 2.33. The molecule has 2 aromatic carbocycles. The minimum Gasteiger partial charge on any atom is -0.414 e. The van der Waals surface area contributed by atoms with Crippen molar-refractivity contribution in [3.05, 3.63) is 64.8 Å². The van der Waals surface area contributed by atoms with Gasteiger partial charge < -0.3 is 18.7 Å². The van der Waals surface area contributed by atoms with E-state index in [1.165, 1.54) is 6.07 Å². The van der Waals surface area contributed by atoms with Crippen LogP contribution in [0.15, 0.2) is 63.8 Å². The number of quaternary nitrogens is 1. The van der Waals surface area contributed by atoms with Crippen LogP contribution in [0, 0.1) is 0 Å². The number of imide groups is 1. The molecule has 2 amide bonds. The zero-order valence-corrected chi connectivity index (χ0v) is 21.1. The van der Waals surface area contributed by atoms with E-state index in [1.807, 2.05) is 42.5 Å². The van der Waals surface area contributed by atoms with Crippen molar-refractivity contribution in [2.75, 3.05) is 33.0 Å². The van der Waals surface area contributed by atoms with Gasteiger partial charge >= 0.3 is 17.8 Å². The minimum absolute atomic E-state index is 0.0182. The Labute approximate surface area is 223 Å². The number of rotatable bonds is 8. The molecule has 202 valence electrons. The predicted molar refractivity (Wildman–Crippen MR) is 138 cm³/mol. The van der Waals surface area contributed by atoms with Crippen LogP contribution in [-0.2, 0) is 33.5 Å². The Morgan fingerprint density at radius 3 is 2.28 bits per heavy atom. The van der Waals surface area contributed by atoms with E-state index in [2.05, 4.69) is 0 Å². The summed E-state index contributed by atoms with van der Waals surface area (Å²) in [5.41, 5.74) is 1.89. The first-order chi connectivity index (χ1) is 18.9. The zero-order chi connectivity index (χ0) is 27.4. The lowest BCUT2D eigenvalue weighted by atomic mass is 10.0. The summed E-state index contributed by atoms with van der Waals surface area (Å²) < 4.78 is 17.5. The maximum absolute atomic E-state index is 13.2. The van der Waals surface area contributed by atoms with Gasteiger partial charge in [0.05, 0.1) is 37.5 Å². The molecule has 11 nitrogen and oxygen atoms in total. The first kappa shape index (κ1) is 26.3. The van der Waals surface area contributed by atoms with Crippen LogP contribution >= 0.6 is 0 Å². The Bertz CT molecular complexity index is 1460. The number of morpholine rings is 1. The normalized spacial score (nSPS) is 16.9. The molecule has 2 fully saturated rings. The van der Waals surface area contributed by atoms with E-state index in [0.29, 0.717) is 48.2 Å². The van der Waals surface area contributed by atoms with Crippen LogP contribution in [0.25, 0.3) is 22.1 Å². The van der Waals surface area contributed by atoms with Crippen molar-refractivity contribution in [3.8, 4) is 11.1 Å². The van der Waals surface area contributed by atoms with Crippen molar-refractivity contribution in [3.63, 3.8) is 0 Å². The van der Waals surface area contributed by atoms with Gasteiger partial charge in [0.1, 0.15) is 13.1 Å². The number of carbonyl (C=O) groups is 4. The highest BCUT2D eigenvalue weighted by molar-refractivity contribution is 6.01. The maximum atomic E-state index is 13.2. The number of esters is 1. The largest absolute Gasteiger partial charge is 0.414 e. The van der Waals surface area contributed by atoms with Gasteiger partial charge in [-0.3, -0.25) is 19.2 Å². The molecule has 0 unspecified atom stereocenters. The molecule has 0 bridgehead atoms. The SMILES string of the molecule is O=C(CCC(=O)ON1C(=O)CCC1=O)OC[N+]1(c2cc(=O)c3cccc(-c4ccccc4)c3o2)CCOCC1. The second-order valence-corrected chi connectivity index (χ2v) is 9.39. The zero-order valence-electron chi connectivity index (χ0n) is 21.1. The van der Waals surface area contributed by atoms with Gasteiger partial charge in [-0.25, -0.2) is 9.28 Å². The van der Waals surface area contributed by atoms with Crippen molar-refractivity contribution in [2.45, 2.75) is 25.7 Å². The monoisotopic (exact) mass is 535 g/mol. The molecule has 0 spiro atoms. The summed E-state index contributed by atoms with van der Waals surface area (Å²) in [7, 11) is 0. The van der Waals surface area contributed by atoms with E-state index in [4.69, 9.17) is 18.7 Å². The number of carbonyl (C=O) groups excluding carboxylic acids is 4. The molecular weight excluding hydrogens is 508 g/mol. The summed E-state index contributed by atoms with van der Waals surface area (Å²) in [5.74, 6) is -2.41. The van der Waals surface area contributed by atoms with Gasteiger partial charge in [0.15, 0.2) is 11.0 Å². The molecule has 3 heterocycles. The molecule has 0 aliphatic carbocycles. The minimum atomic E-state index is -0.889. The molecule has 3 aromatic rings. The van der Waals surface area contributed by atoms with Crippen LogP contribution in [0.5, 0.6) is 0 Å².